The summed E-state index contributed by atoms with van der Waals surface area (Å²) in [6.07, 6.45) is 1.97. The zero-order valence-electron chi connectivity index (χ0n) is 12.0. The van der Waals surface area contributed by atoms with Crippen LogP contribution in [0.2, 0.25) is 0 Å². The fourth-order valence-electron chi connectivity index (χ4n) is 2.26. The minimum absolute atomic E-state index is 0.750. The fourth-order valence-corrected chi connectivity index (χ4v) is 2.86. The van der Waals surface area contributed by atoms with E-state index in [-0.39, 0.29) is 0 Å². The van der Waals surface area contributed by atoms with Gasteiger partial charge >= 0.3 is 0 Å². The number of rotatable bonds is 5. The van der Waals surface area contributed by atoms with E-state index in [9.17, 15) is 0 Å². The van der Waals surface area contributed by atoms with E-state index in [1.807, 2.05) is 25.7 Å². The summed E-state index contributed by atoms with van der Waals surface area (Å²) in [5.74, 6) is 0.967. The number of nitrogens with zero attached hydrogens (tertiary/aromatic N) is 4. The van der Waals surface area contributed by atoms with Gasteiger partial charge < -0.3 is 10.6 Å². The zero-order chi connectivity index (χ0) is 14.0. The minimum Gasteiger partial charge on any atom is -0.394 e. The molecule has 2 heterocycles. The Morgan fingerprint density at radius 3 is 2.79 bits per heavy atom. The first-order valence-corrected chi connectivity index (χ1v) is 7.34. The van der Waals surface area contributed by atoms with E-state index in [0.717, 1.165) is 47.3 Å². The summed E-state index contributed by atoms with van der Waals surface area (Å²) in [6.45, 7) is 4.90. The predicted octanol–water partition coefficient (Wildman–Crippen LogP) is 2.36. The van der Waals surface area contributed by atoms with Gasteiger partial charge in [0, 0.05) is 19.5 Å². The molecule has 2 aromatic rings. The highest BCUT2D eigenvalue weighted by molar-refractivity contribution is 7.09. The lowest BCUT2D eigenvalue weighted by Gasteiger charge is -2.18. The molecule has 0 saturated carbocycles. The molecule has 0 aliphatic heterocycles. The van der Waals surface area contributed by atoms with Gasteiger partial charge in [-0.15, -0.1) is 11.3 Å². The third-order valence-corrected chi connectivity index (χ3v) is 3.87. The highest BCUT2D eigenvalue weighted by atomic mass is 32.1. The lowest BCUT2D eigenvalue weighted by Crippen LogP contribution is -2.20. The van der Waals surface area contributed by atoms with Crippen molar-refractivity contribution < 1.29 is 0 Å². The third-order valence-electron chi connectivity index (χ3n) is 3.04. The van der Waals surface area contributed by atoms with E-state index >= 15 is 0 Å². The molecule has 2 aromatic heterocycles. The Bertz CT molecular complexity index is 557. The molecule has 0 aromatic carbocycles. The van der Waals surface area contributed by atoms with Crippen LogP contribution < -0.4 is 10.6 Å². The van der Waals surface area contributed by atoms with Gasteiger partial charge in [-0.3, -0.25) is 4.68 Å². The summed E-state index contributed by atoms with van der Waals surface area (Å²) in [7, 11) is 3.96. The Morgan fingerprint density at radius 2 is 2.21 bits per heavy atom. The standard InChI is InChI=1S/C13H21N5S/c1-5-6-11-12(14)13(18(4)16-11)17(3)7-10-8-19-9(2)15-10/h8H,5-7,14H2,1-4H3. The van der Waals surface area contributed by atoms with Crippen molar-refractivity contribution in [2.75, 3.05) is 17.7 Å². The van der Waals surface area contributed by atoms with Gasteiger partial charge in [0.15, 0.2) is 5.82 Å². The lowest BCUT2D eigenvalue weighted by molar-refractivity contribution is 0.710. The van der Waals surface area contributed by atoms with Crippen molar-refractivity contribution in [1.82, 2.24) is 14.8 Å². The molecule has 0 aliphatic carbocycles. The summed E-state index contributed by atoms with van der Waals surface area (Å²) < 4.78 is 1.86. The molecule has 0 unspecified atom stereocenters. The molecule has 19 heavy (non-hydrogen) atoms. The number of hydrogen-bond donors (Lipinski definition) is 1. The van der Waals surface area contributed by atoms with Crippen molar-refractivity contribution in [1.29, 1.82) is 0 Å². The summed E-state index contributed by atoms with van der Waals surface area (Å²) >= 11 is 1.67. The molecule has 0 aliphatic rings. The molecule has 2 N–H and O–H groups in total. The number of nitrogen functional groups attached to an aromatic ring is 1. The fraction of sp³-hybridized carbons (Fsp3) is 0.538. The van der Waals surface area contributed by atoms with E-state index < -0.39 is 0 Å². The van der Waals surface area contributed by atoms with Crippen molar-refractivity contribution in [3.05, 3.63) is 21.8 Å². The van der Waals surface area contributed by atoms with Gasteiger partial charge in [-0.2, -0.15) is 5.10 Å². The Labute approximate surface area is 118 Å². The predicted molar refractivity (Wildman–Crippen MR) is 80.6 cm³/mol. The van der Waals surface area contributed by atoms with Crippen LogP contribution in [0.15, 0.2) is 5.38 Å². The van der Waals surface area contributed by atoms with Crippen molar-refractivity contribution in [3.63, 3.8) is 0 Å². The van der Waals surface area contributed by atoms with Crippen molar-refractivity contribution in [2.24, 2.45) is 7.05 Å². The highest BCUT2D eigenvalue weighted by Crippen LogP contribution is 2.27. The van der Waals surface area contributed by atoms with E-state index in [1.165, 1.54) is 0 Å². The van der Waals surface area contributed by atoms with Crippen LogP contribution in [0.1, 0.15) is 29.7 Å². The molecule has 0 spiro atoms. The molecule has 104 valence electrons. The van der Waals surface area contributed by atoms with Gasteiger partial charge in [0.2, 0.25) is 0 Å². The van der Waals surface area contributed by atoms with E-state index in [4.69, 9.17) is 5.73 Å². The SMILES string of the molecule is CCCc1nn(C)c(N(C)Cc2csc(C)n2)c1N. The average molecular weight is 279 g/mol. The Balaban J connectivity index is 2.21. The second kappa shape index (κ2) is 5.61. The molecular formula is C13H21N5S. The molecule has 0 bridgehead atoms. The maximum Gasteiger partial charge on any atom is 0.150 e. The van der Waals surface area contributed by atoms with E-state index in [0.29, 0.717) is 0 Å². The molecule has 6 heteroatoms. The van der Waals surface area contributed by atoms with Crippen LogP contribution in [-0.4, -0.2) is 21.8 Å². The van der Waals surface area contributed by atoms with Gasteiger partial charge in [0.1, 0.15) is 0 Å². The van der Waals surface area contributed by atoms with Gasteiger partial charge in [-0.05, 0) is 13.3 Å². The Morgan fingerprint density at radius 1 is 1.47 bits per heavy atom. The first kappa shape index (κ1) is 13.9. The largest absolute Gasteiger partial charge is 0.394 e. The van der Waals surface area contributed by atoms with E-state index in [1.54, 1.807) is 11.3 Å². The summed E-state index contributed by atoms with van der Waals surface area (Å²) in [6, 6.07) is 0. The van der Waals surface area contributed by atoms with Crippen LogP contribution >= 0.6 is 11.3 Å². The highest BCUT2D eigenvalue weighted by Gasteiger charge is 2.17. The number of aromatic nitrogens is 3. The average Bonchev–Trinajstić information content (AvgIpc) is 2.85. The molecule has 2 rings (SSSR count). The molecule has 0 amide bonds. The van der Waals surface area contributed by atoms with Crippen molar-refractivity contribution >= 4 is 22.8 Å². The van der Waals surface area contributed by atoms with Gasteiger partial charge in [0.05, 0.1) is 28.6 Å². The summed E-state index contributed by atoms with van der Waals surface area (Å²) in [4.78, 5) is 6.59. The Kier molecular flexibility index (Phi) is 4.09. The maximum atomic E-state index is 6.21. The first-order chi connectivity index (χ1) is 9.02. The molecule has 5 nitrogen and oxygen atoms in total. The van der Waals surface area contributed by atoms with E-state index in [2.05, 4.69) is 27.3 Å². The van der Waals surface area contributed by atoms with Gasteiger partial charge in [-0.1, -0.05) is 13.3 Å². The minimum atomic E-state index is 0.750. The quantitative estimate of drug-likeness (QED) is 0.912. The van der Waals surface area contributed by atoms with Crippen LogP contribution in [-0.2, 0) is 20.0 Å². The normalized spacial score (nSPS) is 10.9. The zero-order valence-corrected chi connectivity index (χ0v) is 12.8. The van der Waals surface area contributed by atoms with Crippen LogP contribution in [0, 0.1) is 6.92 Å². The third kappa shape index (κ3) is 2.89. The number of hydrogen-bond acceptors (Lipinski definition) is 5. The number of aryl methyl sites for hydroxylation is 3. The van der Waals surface area contributed by atoms with Gasteiger partial charge in [-0.25, -0.2) is 4.98 Å². The van der Waals surface area contributed by atoms with Crippen LogP contribution in [0.25, 0.3) is 0 Å². The molecule has 0 fully saturated rings. The number of nitrogens with two attached hydrogens (primary N) is 1. The Hall–Kier alpha value is -1.56. The van der Waals surface area contributed by atoms with Crippen molar-refractivity contribution in [3.8, 4) is 0 Å². The van der Waals surface area contributed by atoms with Gasteiger partial charge in [0.25, 0.3) is 0 Å². The second-order valence-corrected chi connectivity index (χ2v) is 5.83. The number of anilines is 2. The smallest absolute Gasteiger partial charge is 0.150 e. The summed E-state index contributed by atoms with van der Waals surface area (Å²) in [5.41, 5.74) is 9.06. The summed E-state index contributed by atoms with van der Waals surface area (Å²) in [5, 5.41) is 7.68. The lowest BCUT2D eigenvalue weighted by atomic mass is 10.2. The second-order valence-electron chi connectivity index (χ2n) is 4.77. The molecule has 0 saturated heterocycles. The molecule has 0 atom stereocenters. The van der Waals surface area contributed by atoms with Crippen LogP contribution in [0.5, 0.6) is 0 Å². The van der Waals surface area contributed by atoms with Crippen LogP contribution in [0.4, 0.5) is 11.5 Å². The topological polar surface area (TPSA) is 60.0 Å². The molecule has 0 radical (unpaired) electrons. The van der Waals surface area contributed by atoms with Crippen LogP contribution in [0.3, 0.4) is 0 Å². The molecular weight excluding hydrogens is 258 g/mol. The number of thiazole rings is 1. The monoisotopic (exact) mass is 279 g/mol. The maximum absolute atomic E-state index is 6.21. The first-order valence-electron chi connectivity index (χ1n) is 6.46. The van der Waals surface area contributed by atoms with Crippen molar-refractivity contribution in [2.45, 2.75) is 33.2 Å².